The Morgan fingerprint density at radius 2 is 1.95 bits per heavy atom. The third-order valence-electron chi connectivity index (χ3n) is 3.28. The Balaban J connectivity index is 2.96. The fraction of sp³-hybridized carbons (Fsp3) is 0.556. The molecule has 0 fully saturated rings. The number of nitrogens with zero attached hydrogens (tertiary/aromatic N) is 1. The van der Waals surface area contributed by atoms with Crippen LogP contribution in [0.3, 0.4) is 0 Å². The van der Waals surface area contributed by atoms with E-state index < -0.39 is 0 Å². The van der Waals surface area contributed by atoms with Crippen LogP contribution in [0, 0.1) is 17.8 Å². The van der Waals surface area contributed by atoms with Crippen molar-refractivity contribution < 1.29 is 9.84 Å². The smallest absolute Gasteiger partial charge is 0.134 e. The number of hydrogen-bond acceptors (Lipinski definition) is 3. The second kappa shape index (κ2) is 8.71. The summed E-state index contributed by atoms with van der Waals surface area (Å²) in [4.78, 5) is 2.45. The predicted octanol–water partition coefficient (Wildman–Crippen LogP) is 2.91. The molecule has 0 saturated carbocycles. The molecule has 0 aliphatic heterocycles. The lowest BCUT2D eigenvalue weighted by Gasteiger charge is -2.28. The lowest BCUT2D eigenvalue weighted by atomic mass is 10.1. The van der Waals surface area contributed by atoms with Crippen molar-refractivity contribution in [1.82, 2.24) is 4.90 Å². The minimum absolute atomic E-state index is 0.140. The summed E-state index contributed by atoms with van der Waals surface area (Å²) in [7, 11) is 1.64. The van der Waals surface area contributed by atoms with E-state index in [2.05, 4.69) is 56.6 Å². The fourth-order valence-corrected chi connectivity index (χ4v) is 2.25. The molecule has 1 rings (SSSR count). The topological polar surface area (TPSA) is 32.7 Å². The Morgan fingerprint density at radius 1 is 1.24 bits per heavy atom. The molecule has 1 aromatic carbocycles. The van der Waals surface area contributed by atoms with Crippen LogP contribution in [0.15, 0.2) is 18.2 Å². The monoisotopic (exact) mass is 289 g/mol. The first kappa shape index (κ1) is 17.6. The maximum Gasteiger partial charge on any atom is 0.134 e. The molecule has 0 bridgehead atoms. The first-order chi connectivity index (χ1) is 9.97. The van der Waals surface area contributed by atoms with Gasteiger partial charge in [0.15, 0.2) is 0 Å². The summed E-state index contributed by atoms with van der Waals surface area (Å²) < 4.78 is 5.32. The molecule has 0 atom stereocenters. The van der Waals surface area contributed by atoms with Crippen LogP contribution in [0.2, 0.25) is 0 Å². The number of aliphatic hydroxyl groups is 1. The third-order valence-corrected chi connectivity index (χ3v) is 3.28. The first-order valence-electron chi connectivity index (χ1n) is 7.48. The fourth-order valence-electron chi connectivity index (χ4n) is 2.25. The molecular weight excluding hydrogens is 262 g/mol. The minimum atomic E-state index is -0.140. The Labute approximate surface area is 128 Å². The van der Waals surface area contributed by atoms with Crippen molar-refractivity contribution >= 4 is 0 Å². The van der Waals surface area contributed by atoms with E-state index in [1.807, 2.05) is 6.07 Å². The summed E-state index contributed by atoms with van der Waals surface area (Å²) in [5.74, 6) is 7.03. The van der Waals surface area contributed by atoms with Crippen LogP contribution in [0.4, 0.5) is 0 Å². The summed E-state index contributed by atoms with van der Waals surface area (Å²) >= 11 is 0. The molecule has 0 aliphatic rings. The van der Waals surface area contributed by atoms with E-state index in [0.717, 1.165) is 24.4 Å². The average Bonchev–Trinajstić information content (AvgIpc) is 2.44. The molecule has 0 saturated heterocycles. The van der Waals surface area contributed by atoms with Crippen molar-refractivity contribution in [2.75, 3.05) is 20.3 Å². The van der Waals surface area contributed by atoms with Crippen LogP contribution >= 0.6 is 0 Å². The van der Waals surface area contributed by atoms with Gasteiger partial charge in [-0.25, -0.2) is 0 Å². The average molecular weight is 289 g/mol. The first-order valence-corrected chi connectivity index (χ1v) is 7.48. The van der Waals surface area contributed by atoms with Gasteiger partial charge in [-0.1, -0.05) is 31.8 Å². The van der Waals surface area contributed by atoms with Crippen molar-refractivity contribution in [3.63, 3.8) is 0 Å². The van der Waals surface area contributed by atoms with E-state index in [9.17, 15) is 0 Å². The van der Waals surface area contributed by atoms with Gasteiger partial charge in [0, 0.05) is 19.1 Å². The van der Waals surface area contributed by atoms with Gasteiger partial charge in [0.25, 0.3) is 0 Å². The van der Waals surface area contributed by atoms with Gasteiger partial charge in [0.1, 0.15) is 12.4 Å². The maximum atomic E-state index is 8.86. The Hall–Kier alpha value is -1.50. The second-order valence-electron chi connectivity index (χ2n) is 5.91. The Kier molecular flexibility index (Phi) is 7.28. The molecule has 1 N–H and O–H groups in total. The number of ether oxygens (including phenoxy) is 1. The van der Waals surface area contributed by atoms with Crippen molar-refractivity contribution in [2.45, 2.75) is 40.3 Å². The number of aliphatic hydroxyl groups excluding tert-OH is 1. The van der Waals surface area contributed by atoms with E-state index in [-0.39, 0.29) is 6.61 Å². The van der Waals surface area contributed by atoms with Crippen LogP contribution in [-0.4, -0.2) is 36.3 Å². The van der Waals surface area contributed by atoms with Crippen LogP contribution in [0.25, 0.3) is 0 Å². The van der Waals surface area contributed by atoms with E-state index in [1.165, 1.54) is 5.56 Å². The van der Waals surface area contributed by atoms with E-state index in [1.54, 1.807) is 7.11 Å². The number of methoxy groups -OCH3 is 1. The van der Waals surface area contributed by atoms with Gasteiger partial charge in [-0.3, -0.25) is 4.90 Å². The van der Waals surface area contributed by atoms with E-state index >= 15 is 0 Å². The molecular formula is C18H27NO2. The molecule has 21 heavy (non-hydrogen) atoms. The molecule has 1 aromatic rings. The van der Waals surface area contributed by atoms with Crippen LogP contribution in [0.1, 0.15) is 38.8 Å². The van der Waals surface area contributed by atoms with Crippen molar-refractivity contribution in [2.24, 2.45) is 5.92 Å². The molecule has 0 heterocycles. The van der Waals surface area contributed by atoms with Crippen LogP contribution < -0.4 is 4.74 Å². The Bertz CT molecular complexity index is 498. The highest BCUT2D eigenvalue weighted by Crippen LogP contribution is 2.20. The zero-order valence-corrected chi connectivity index (χ0v) is 13.8. The zero-order valence-electron chi connectivity index (χ0n) is 13.8. The number of benzene rings is 1. The van der Waals surface area contributed by atoms with Gasteiger partial charge >= 0.3 is 0 Å². The molecule has 3 heteroatoms. The minimum Gasteiger partial charge on any atom is -0.495 e. The quantitative estimate of drug-likeness (QED) is 0.817. The molecule has 3 nitrogen and oxygen atoms in total. The van der Waals surface area contributed by atoms with Crippen LogP contribution in [0.5, 0.6) is 5.75 Å². The maximum absolute atomic E-state index is 8.86. The molecule has 0 unspecified atom stereocenters. The Morgan fingerprint density at radius 3 is 2.48 bits per heavy atom. The summed E-state index contributed by atoms with van der Waals surface area (Å²) in [6, 6.07) is 6.59. The predicted molar refractivity (Wildman–Crippen MR) is 87.3 cm³/mol. The highest BCUT2D eigenvalue weighted by atomic mass is 16.5. The van der Waals surface area contributed by atoms with Crippen LogP contribution in [-0.2, 0) is 6.54 Å². The molecule has 116 valence electrons. The summed E-state index contributed by atoms with van der Waals surface area (Å²) in [6.07, 6.45) is 0. The SMILES string of the molecule is COc1ccc(CN(CC(C)C)C(C)C)cc1C#CCO. The summed E-state index contributed by atoms with van der Waals surface area (Å²) in [5, 5.41) is 8.86. The molecule has 0 aromatic heterocycles. The lowest BCUT2D eigenvalue weighted by molar-refractivity contribution is 0.189. The highest BCUT2D eigenvalue weighted by Gasteiger charge is 2.12. The standard InChI is InChI=1S/C18H27NO2/c1-14(2)12-19(15(3)4)13-16-8-9-18(21-5)17(11-16)7-6-10-20/h8-9,11,14-15,20H,10,12-13H2,1-5H3. The molecule has 0 amide bonds. The third kappa shape index (κ3) is 5.79. The van der Waals surface area contributed by atoms with E-state index in [0.29, 0.717) is 12.0 Å². The summed E-state index contributed by atoms with van der Waals surface area (Å²) in [5.41, 5.74) is 2.05. The highest BCUT2D eigenvalue weighted by molar-refractivity contribution is 5.48. The van der Waals surface area contributed by atoms with Gasteiger partial charge < -0.3 is 9.84 Å². The van der Waals surface area contributed by atoms with Gasteiger partial charge in [0.2, 0.25) is 0 Å². The van der Waals surface area contributed by atoms with Gasteiger partial charge in [0.05, 0.1) is 12.7 Å². The second-order valence-corrected chi connectivity index (χ2v) is 5.91. The largest absolute Gasteiger partial charge is 0.495 e. The lowest BCUT2D eigenvalue weighted by Crippen LogP contribution is -2.33. The molecule has 0 spiro atoms. The van der Waals surface area contributed by atoms with Gasteiger partial charge in [-0.2, -0.15) is 0 Å². The van der Waals surface area contributed by atoms with Crippen molar-refractivity contribution in [3.05, 3.63) is 29.3 Å². The number of hydrogen-bond donors (Lipinski definition) is 1. The van der Waals surface area contributed by atoms with Crippen molar-refractivity contribution in [1.29, 1.82) is 0 Å². The van der Waals surface area contributed by atoms with Crippen molar-refractivity contribution in [3.8, 4) is 17.6 Å². The van der Waals surface area contributed by atoms with E-state index in [4.69, 9.17) is 9.84 Å². The van der Waals surface area contributed by atoms with Gasteiger partial charge in [-0.05, 0) is 37.5 Å². The molecule has 0 aliphatic carbocycles. The molecule has 0 radical (unpaired) electrons. The zero-order chi connectivity index (χ0) is 15.8. The summed E-state index contributed by atoms with van der Waals surface area (Å²) in [6.45, 7) is 10.7. The normalized spacial score (nSPS) is 10.9. The number of rotatable bonds is 6. The van der Waals surface area contributed by atoms with Gasteiger partial charge in [-0.15, -0.1) is 0 Å².